The van der Waals surface area contributed by atoms with E-state index in [1.807, 2.05) is 6.07 Å². The van der Waals surface area contributed by atoms with E-state index in [9.17, 15) is 4.79 Å². The Hall–Kier alpha value is -2.62. The molecule has 0 bridgehead atoms. The average Bonchev–Trinajstić information content (AvgIpc) is 2.42. The number of carboxylic acid groups (broad SMARTS) is 1. The molecule has 0 saturated heterocycles. The van der Waals surface area contributed by atoms with Crippen molar-refractivity contribution in [3.63, 3.8) is 0 Å². The Kier molecular flexibility index (Phi) is 3.93. The lowest BCUT2D eigenvalue weighted by Gasteiger charge is -2.05. The van der Waals surface area contributed by atoms with E-state index < -0.39 is 5.97 Å². The topological polar surface area (TPSA) is 59.4 Å². The van der Waals surface area contributed by atoms with Crippen LogP contribution in [0.4, 0.5) is 0 Å². The van der Waals surface area contributed by atoms with Crippen LogP contribution in [0, 0.1) is 0 Å². The second-order valence-corrected chi connectivity index (χ2v) is 3.99. The van der Waals surface area contributed by atoms with Crippen LogP contribution in [0.1, 0.15) is 12.5 Å². The lowest BCUT2D eigenvalue weighted by atomic mass is 10.1. The minimum Gasteiger partial charge on any atom is -0.478 e. The van der Waals surface area contributed by atoms with Gasteiger partial charge < -0.3 is 9.84 Å². The van der Waals surface area contributed by atoms with Crippen molar-refractivity contribution in [2.45, 2.75) is 6.92 Å². The van der Waals surface area contributed by atoms with Crippen LogP contribution < -0.4 is 4.74 Å². The normalized spacial score (nSPS) is 11.1. The number of carbonyl (C=O) groups is 1. The maximum absolute atomic E-state index is 10.7. The van der Waals surface area contributed by atoms with Gasteiger partial charge in [-0.3, -0.25) is 4.98 Å². The molecular formula is C15H13NO3. The fraction of sp³-hybridized carbons (Fsp3) is 0.0667. The van der Waals surface area contributed by atoms with Gasteiger partial charge in [-0.25, -0.2) is 4.79 Å². The Morgan fingerprint density at radius 2 is 1.95 bits per heavy atom. The molecule has 0 radical (unpaired) electrons. The van der Waals surface area contributed by atoms with E-state index in [0.29, 0.717) is 17.1 Å². The van der Waals surface area contributed by atoms with Gasteiger partial charge in [-0.05, 0) is 42.8 Å². The van der Waals surface area contributed by atoms with Crippen molar-refractivity contribution in [1.82, 2.24) is 4.98 Å². The van der Waals surface area contributed by atoms with E-state index in [0.717, 1.165) is 5.56 Å². The summed E-state index contributed by atoms with van der Waals surface area (Å²) in [5.74, 6) is 0.418. The fourth-order valence-corrected chi connectivity index (χ4v) is 1.49. The Morgan fingerprint density at radius 1 is 1.21 bits per heavy atom. The fourth-order valence-electron chi connectivity index (χ4n) is 1.49. The molecule has 1 aromatic carbocycles. The van der Waals surface area contributed by atoms with Crippen molar-refractivity contribution in [1.29, 1.82) is 0 Å². The Labute approximate surface area is 111 Å². The predicted molar refractivity (Wildman–Crippen MR) is 72.0 cm³/mol. The second-order valence-electron chi connectivity index (χ2n) is 3.99. The van der Waals surface area contributed by atoms with Crippen molar-refractivity contribution in [2.75, 3.05) is 0 Å². The Bertz CT molecular complexity index is 589. The zero-order valence-corrected chi connectivity index (χ0v) is 10.4. The molecule has 0 amide bonds. The molecular weight excluding hydrogens is 242 g/mol. The molecule has 1 N–H and O–H groups in total. The van der Waals surface area contributed by atoms with Crippen LogP contribution in [0.5, 0.6) is 11.5 Å². The molecule has 2 rings (SSSR count). The lowest BCUT2D eigenvalue weighted by Crippen LogP contribution is -1.95. The number of rotatable bonds is 4. The summed E-state index contributed by atoms with van der Waals surface area (Å²) in [6.45, 7) is 1.56. The van der Waals surface area contributed by atoms with Gasteiger partial charge in [0.25, 0.3) is 0 Å². The second kappa shape index (κ2) is 5.82. The van der Waals surface area contributed by atoms with Gasteiger partial charge in [-0.15, -0.1) is 0 Å². The van der Waals surface area contributed by atoms with E-state index in [2.05, 4.69) is 4.98 Å². The van der Waals surface area contributed by atoms with Crippen molar-refractivity contribution in [3.8, 4) is 11.5 Å². The summed E-state index contributed by atoms with van der Waals surface area (Å²) in [6, 6.07) is 10.8. The van der Waals surface area contributed by atoms with Crippen LogP contribution in [0.3, 0.4) is 0 Å². The van der Waals surface area contributed by atoms with Crippen molar-refractivity contribution in [2.24, 2.45) is 0 Å². The van der Waals surface area contributed by atoms with Crippen LogP contribution >= 0.6 is 0 Å². The number of nitrogens with zero attached hydrogens (tertiary/aromatic N) is 1. The molecule has 96 valence electrons. The molecule has 2 aromatic rings. The maximum atomic E-state index is 10.7. The number of carboxylic acids is 1. The highest BCUT2D eigenvalue weighted by molar-refractivity contribution is 5.91. The van der Waals surface area contributed by atoms with E-state index in [-0.39, 0.29) is 0 Å². The number of ether oxygens (including phenoxy) is 1. The van der Waals surface area contributed by atoms with Crippen molar-refractivity contribution >= 4 is 12.0 Å². The molecule has 0 unspecified atom stereocenters. The Balaban J connectivity index is 2.11. The first kappa shape index (κ1) is 12.8. The van der Waals surface area contributed by atoms with Crippen molar-refractivity contribution in [3.05, 3.63) is 59.9 Å². The third kappa shape index (κ3) is 3.67. The molecule has 4 heteroatoms. The maximum Gasteiger partial charge on any atom is 0.331 e. The molecule has 0 fully saturated rings. The quantitative estimate of drug-likeness (QED) is 0.851. The zero-order chi connectivity index (χ0) is 13.7. The van der Waals surface area contributed by atoms with E-state index >= 15 is 0 Å². The smallest absolute Gasteiger partial charge is 0.331 e. The SMILES string of the molecule is C/C(=C\c1ccc(Oc2cccnc2)cc1)C(=O)O. The van der Waals surface area contributed by atoms with E-state index in [4.69, 9.17) is 9.84 Å². The predicted octanol–water partition coefficient (Wildman–Crippen LogP) is 3.36. The number of aliphatic carboxylic acids is 1. The molecule has 1 heterocycles. The largest absolute Gasteiger partial charge is 0.478 e. The van der Waals surface area contributed by atoms with Crippen molar-refractivity contribution < 1.29 is 14.6 Å². The van der Waals surface area contributed by atoms with E-state index in [1.54, 1.807) is 55.7 Å². The number of hydrogen-bond donors (Lipinski definition) is 1. The molecule has 0 aliphatic heterocycles. The van der Waals surface area contributed by atoms with Gasteiger partial charge in [0.05, 0.1) is 6.20 Å². The monoisotopic (exact) mass is 255 g/mol. The van der Waals surface area contributed by atoms with Crippen LogP contribution in [-0.2, 0) is 4.79 Å². The molecule has 0 saturated carbocycles. The minimum absolute atomic E-state index is 0.293. The average molecular weight is 255 g/mol. The van der Waals surface area contributed by atoms with Gasteiger partial charge in [0, 0.05) is 11.8 Å². The molecule has 0 aliphatic carbocycles. The van der Waals surface area contributed by atoms with Gasteiger partial charge in [-0.1, -0.05) is 12.1 Å². The van der Waals surface area contributed by atoms with Crippen LogP contribution in [0.15, 0.2) is 54.4 Å². The van der Waals surface area contributed by atoms with E-state index in [1.165, 1.54) is 0 Å². The van der Waals surface area contributed by atoms with Crippen LogP contribution in [-0.4, -0.2) is 16.1 Å². The van der Waals surface area contributed by atoms with Gasteiger partial charge >= 0.3 is 5.97 Å². The first-order valence-corrected chi connectivity index (χ1v) is 5.75. The highest BCUT2D eigenvalue weighted by Crippen LogP contribution is 2.21. The first-order valence-electron chi connectivity index (χ1n) is 5.75. The molecule has 4 nitrogen and oxygen atoms in total. The molecule has 19 heavy (non-hydrogen) atoms. The summed E-state index contributed by atoms with van der Waals surface area (Å²) in [6.07, 6.45) is 4.91. The lowest BCUT2D eigenvalue weighted by molar-refractivity contribution is -0.132. The summed E-state index contributed by atoms with van der Waals surface area (Å²) >= 11 is 0. The number of hydrogen-bond acceptors (Lipinski definition) is 3. The van der Waals surface area contributed by atoms with Gasteiger partial charge in [-0.2, -0.15) is 0 Å². The molecule has 0 aliphatic rings. The minimum atomic E-state index is -0.921. The standard InChI is InChI=1S/C15H13NO3/c1-11(15(17)18)9-12-4-6-13(7-5-12)19-14-3-2-8-16-10-14/h2-10H,1H3,(H,17,18)/b11-9+. The number of benzene rings is 1. The molecule has 0 atom stereocenters. The summed E-state index contributed by atoms with van der Waals surface area (Å²) in [4.78, 5) is 14.7. The van der Waals surface area contributed by atoms with Crippen LogP contribution in [0.2, 0.25) is 0 Å². The summed E-state index contributed by atoms with van der Waals surface area (Å²) in [5.41, 5.74) is 1.11. The van der Waals surface area contributed by atoms with Crippen LogP contribution in [0.25, 0.3) is 6.08 Å². The van der Waals surface area contributed by atoms with Gasteiger partial charge in [0.15, 0.2) is 0 Å². The third-order valence-corrected chi connectivity index (χ3v) is 2.47. The van der Waals surface area contributed by atoms with Gasteiger partial charge in [0.2, 0.25) is 0 Å². The summed E-state index contributed by atoms with van der Waals surface area (Å²) < 4.78 is 5.59. The highest BCUT2D eigenvalue weighted by Gasteiger charge is 2.00. The number of pyridine rings is 1. The Morgan fingerprint density at radius 3 is 2.53 bits per heavy atom. The molecule has 1 aromatic heterocycles. The van der Waals surface area contributed by atoms with Gasteiger partial charge in [0.1, 0.15) is 11.5 Å². The zero-order valence-electron chi connectivity index (χ0n) is 10.4. The summed E-state index contributed by atoms with van der Waals surface area (Å²) in [5, 5.41) is 8.79. The third-order valence-electron chi connectivity index (χ3n) is 2.47. The first-order chi connectivity index (χ1) is 9.15. The highest BCUT2D eigenvalue weighted by atomic mass is 16.5. The molecule has 0 spiro atoms. The summed E-state index contributed by atoms with van der Waals surface area (Å²) in [7, 11) is 0. The number of aromatic nitrogens is 1.